The number of ether oxygens (including phenoxy) is 4. The van der Waals surface area contributed by atoms with Crippen LogP contribution in [0, 0.1) is 5.41 Å². The zero-order valence-corrected chi connectivity index (χ0v) is 26.3. The Morgan fingerprint density at radius 2 is 0.846 bits per heavy atom. The first-order valence-electron chi connectivity index (χ1n) is 15.7. The Balaban J connectivity index is 1.06. The maximum Gasteiger partial charge on any atom is 0.157 e. The fourth-order valence-electron chi connectivity index (χ4n) is 7.84. The van der Waals surface area contributed by atoms with E-state index in [1.54, 1.807) is 0 Å². The standard InChI is InChI=1S/C31H60N4O4/c1-27(2)15-23(16-28(3,4)34-27)32-13-9-11-25-36-19-31(20-37-25)21-38-26(39-22-31)12-10-14-33-24-17-29(5,6)35-30(7,8)18-24/h23-26,32-35H,9-22H2,1-8H3. The molecule has 0 bridgehead atoms. The van der Waals surface area contributed by atoms with Gasteiger partial charge in [-0.15, -0.1) is 0 Å². The monoisotopic (exact) mass is 552 g/mol. The smallest absolute Gasteiger partial charge is 0.157 e. The zero-order valence-electron chi connectivity index (χ0n) is 26.3. The van der Waals surface area contributed by atoms with Crippen LogP contribution in [0.3, 0.4) is 0 Å². The third kappa shape index (κ3) is 9.88. The lowest BCUT2D eigenvalue weighted by atomic mass is 9.79. The molecule has 8 nitrogen and oxygen atoms in total. The van der Waals surface area contributed by atoms with Crippen LogP contribution < -0.4 is 21.3 Å². The second-order valence-corrected chi connectivity index (χ2v) is 15.8. The summed E-state index contributed by atoms with van der Waals surface area (Å²) in [6.45, 7) is 23.0. The minimum absolute atomic E-state index is 0.118. The van der Waals surface area contributed by atoms with Crippen molar-refractivity contribution in [3.8, 4) is 0 Å². The van der Waals surface area contributed by atoms with E-state index in [0.29, 0.717) is 38.5 Å². The van der Waals surface area contributed by atoms with Gasteiger partial charge in [-0.05, 0) is 120 Å². The van der Waals surface area contributed by atoms with Gasteiger partial charge >= 0.3 is 0 Å². The van der Waals surface area contributed by atoms with Gasteiger partial charge in [-0.25, -0.2) is 0 Å². The zero-order chi connectivity index (χ0) is 28.4. The van der Waals surface area contributed by atoms with Crippen LogP contribution in [0.4, 0.5) is 0 Å². The summed E-state index contributed by atoms with van der Waals surface area (Å²) in [7, 11) is 0. The van der Waals surface area contributed by atoms with Crippen molar-refractivity contribution in [2.75, 3.05) is 39.5 Å². The van der Waals surface area contributed by atoms with Gasteiger partial charge in [0.2, 0.25) is 0 Å². The van der Waals surface area contributed by atoms with Crippen LogP contribution >= 0.6 is 0 Å². The maximum atomic E-state index is 6.13. The predicted molar refractivity (Wildman–Crippen MR) is 157 cm³/mol. The minimum Gasteiger partial charge on any atom is -0.352 e. The summed E-state index contributed by atoms with van der Waals surface area (Å²) in [5, 5.41) is 15.1. The van der Waals surface area contributed by atoms with E-state index in [0.717, 1.165) is 64.5 Å². The average Bonchev–Trinajstić information content (AvgIpc) is 2.78. The third-order valence-corrected chi connectivity index (χ3v) is 8.78. The molecule has 4 aliphatic heterocycles. The van der Waals surface area contributed by atoms with Gasteiger partial charge in [0, 0.05) is 34.2 Å². The quantitative estimate of drug-likeness (QED) is 0.302. The molecule has 4 N–H and O–H groups in total. The van der Waals surface area contributed by atoms with Gasteiger partial charge in [0.05, 0.1) is 31.8 Å². The van der Waals surface area contributed by atoms with Crippen molar-refractivity contribution in [3.63, 3.8) is 0 Å². The van der Waals surface area contributed by atoms with Crippen LogP contribution in [0.15, 0.2) is 0 Å². The number of nitrogens with one attached hydrogen (secondary N) is 4. The van der Waals surface area contributed by atoms with E-state index in [2.05, 4.69) is 76.7 Å². The van der Waals surface area contributed by atoms with Crippen molar-refractivity contribution in [1.29, 1.82) is 0 Å². The van der Waals surface area contributed by atoms with E-state index >= 15 is 0 Å². The van der Waals surface area contributed by atoms with Crippen molar-refractivity contribution < 1.29 is 18.9 Å². The highest BCUT2D eigenvalue weighted by Gasteiger charge is 2.42. The summed E-state index contributed by atoms with van der Waals surface area (Å²) in [5.74, 6) is 0. The lowest BCUT2D eigenvalue weighted by Gasteiger charge is -2.47. The molecule has 0 radical (unpaired) electrons. The molecule has 4 aliphatic rings. The van der Waals surface area contributed by atoms with Crippen molar-refractivity contribution in [2.24, 2.45) is 5.41 Å². The molecule has 4 fully saturated rings. The molecule has 0 aliphatic carbocycles. The molecule has 0 atom stereocenters. The fraction of sp³-hybridized carbons (Fsp3) is 1.00. The Bertz CT molecular complexity index is 671. The molecule has 4 saturated heterocycles. The number of piperidine rings is 2. The Morgan fingerprint density at radius 3 is 1.15 bits per heavy atom. The van der Waals surface area contributed by atoms with Crippen LogP contribution in [0.1, 0.15) is 107 Å². The number of hydrogen-bond donors (Lipinski definition) is 4. The van der Waals surface area contributed by atoms with Crippen molar-refractivity contribution in [2.45, 2.75) is 154 Å². The summed E-state index contributed by atoms with van der Waals surface area (Å²) in [6, 6.07) is 1.11. The minimum atomic E-state index is -0.165. The molecule has 0 aromatic carbocycles. The largest absolute Gasteiger partial charge is 0.352 e. The highest BCUT2D eigenvalue weighted by molar-refractivity contribution is 5.00. The first-order valence-corrected chi connectivity index (χ1v) is 15.7. The Hall–Kier alpha value is -0.320. The van der Waals surface area contributed by atoms with Crippen LogP contribution in [0.5, 0.6) is 0 Å². The second kappa shape index (κ2) is 12.5. The van der Waals surface area contributed by atoms with Crippen molar-refractivity contribution in [1.82, 2.24) is 21.3 Å². The van der Waals surface area contributed by atoms with Crippen molar-refractivity contribution >= 4 is 0 Å². The lowest BCUT2D eigenvalue weighted by molar-refractivity contribution is -0.304. The summed E-state index contributed by atoms with van der Waals surface area (Å²) < 4.78 is 24.5. The number of rotatable bonds is 10. The van der Waals surface area contributed by atoms with Gasteiger partial charge < -0.3 is 40.2 Å². The molecule has 0 saturated carbocycles. The third-order valence-electron chi connectivity index (χ3n) is 8.78. The molecular weight excluding hydrogens is 492 g/mol. The Kier molecular flexibility index (Phi) is 10.1. The highest BCUT2D eigenvalue weighted by atomic mass is 16.7. The second-order valence-electron chi connectivity index (χ2n) is 15.8. The van der Waals surface area contributed by atoms with Crippen molar-refractivity contribution in [3.05, 3.63) is 0 Å². The molecule has 0 unspecified atom stereocenters. The van der Waals surface area contributed by atoms with E-state index in [-0.39, 0.29) is 40.2 Å². The SMILES string of the molecule is CC1(C)CC(NCCCC2OCC3(CO2)COC(CCCNC2CC(C)(C)NC(C)(C)C2)OC3)CC(C)(C)N1. The predicted octanol–water partition coefficient (Wildman–Crippen LogP) is 4.08. The van der Waals surface area contributed by atoms with E-state index in [1.807, 2.05) is 0 Å². The molecule has 0 aromatic heterocycles. The summed E-state index contributed by atoms with van der Waals surface area (Å²) in [6.07, 6.45) is 8.33. The molecular formula is C31H60N4O4. The molecule has 1 spiro atoms. The van der Waals surface area contributed by atoms with E-state index in [1.165, 1.54) is 0 Å². The van der Waals surface area contributed by atoms with Gasteiger partial charge in [-0.3, -0.25) is 0 Å². The summed E-state index contributed by atoms with van der Waals surface area (Å²) in [5.41, 5.74) is 0.522. The van der Waals surface area contributed by atoms with Crippen LogP contribution in [-0.4, -0.2) is 86.3 Å². The topological polar surface area (TPSA) is 85.0 Å². The van der Waals surface area contributed by atoms with Gasteiger partial charge in [0.15, 0.2) is 12.6 Å². The van der Waals surface area contributed by atoms with Crippen LogP contribution in [0.2, 0.25) is 0 Å². The van der Waals surface area contributed by atoms with Crippen LogP contribution in [0.25, 0.3) is 0 Å². The Morgan fingerprint density at radius 1 is 0.538 bits per heavy atom. The fourth-order valence-corrected chi connectivity index (χ4v) is 7.84. The van der Waals surface area contributed by atoms with Gasteiger partial charge in [-0.2, -0.15) is 0 Å². The molecule has 4 heterocycles. The molecule has 0 aromatic rings. The Labute approximate surface area is 238 Å². The van der Waals surface area contributed by atoms with E-state index in [4.69, 9.17) is 18.9 Å². The first kappa shape index (κ1) is 31.6. The lowest BCUT2D eigenvalue weighted by Crippen LogP contribution is -2.61. The molecule has 0 amide bonds. The van der Waals surface area contributed by atoms with E-state index < -0.39 is 0 Å². The van der Waals surface area contributed by atoms with E-state index in [9.17, 15) is 0 Å². The molecule has 39 heavy (non-hydrogen) atoms. The maximum absolute atomic E-state index is 6.13. The normalized spacial score (nSPS) is 34.8. The molecule has 228 valence electrons. The summed E-state index contributed by atoms with van der Waals surface area (Å²) in [4.78, 5) is 0. The van der Waals surface area contributed by atoms with Gasteiger partial charge in [0.1, 0.15) is 0 Å². The first-order chi connectivity index (χ1) is 18.1. The summed E-state index contributed by atoms with van der Waals surface area (Å²) >= 11 is 0. The van der Waals surface area contributed by atoms with Gasteiger partial charge in [0.25, 0.3) is 0 Å². The highest BCUT2D eigenvalue weighted by Crippen LogP contribution is 2.33. The van der Waals surface area contributed by atoms with Crippen LogP contribution in [-0.2, 0) is 18.9 Å². The number of hydrogen-bond acceptors (Lipinski definition) is 8. The molecule has 8 heteroatoms. The average molecular weight is 553 g/mol. The van der Waals surface area contributed by atoms with Gasteiger partial charge in [-0.1, -0.05) is 0 Å². The molecule has 4 rings (SSSR count).